The molecule has 0 spiro atoms. The molecule has 0 saturated carbocycles. The molecule has 6 heteroatoms. The summed E-state index contributed by atoms with van der Waals surface area (Å²) in [6.07, 6.45) is 0.593. The number of amides is 1. The first-order chi connectivity index (χ1) is 7.41. The predicted octanol–water partition coefficient (Wildman–Crippen LogP) is 1.71. The van der Waals surface area contributed by atoms with E-state index in [2.05, 4.69) is 5.32 Å². The predicted molar refractivity (Wildman–Crippen MR) is 62.2 cm³/mol. The second-order valence-corrected chi connectivity index (χ2v) is 4.75. The van der Waals surface area contributed by atoms with Gasteiger partial charge in [0.2, 0.25) is 0 Å². The Morgan fingerprint density at radius 3 is 2.81 bits per heavy atom. The van der Waals surface area contributed by atoms with Crippen LogP contribution in [-0.4, -0.2) is 11.9 Å². The van der Waals surface area contributed by atoms with Crippen LogP contribution in [0.1, 0.15) is 29.1 Å². The lowest BCUT2D eigenvalue weighted by Gasteiger charge is -2.02. The van der Waals surface area contributed by atoms with Crippen molar-refractivity contribution in [3.8, 4) is 0 Å². The topological polar surface area (TPSA) is 79.0 Å². The lowest BCUT2D eigenvalue weighted by molar-refractivity contribution is 0.0976. The van der Waals surface area contributed by atoms with Crippen molar-refractivity contribution in [3.63, 3.8) is 0 Å². The van der Waals surface area contributed by atoms with Gasteiger partial charge in [-0.1, -0.05) is 13.8 Å². The Morgan fingerprint density at radius 1 is 1.69 bits per heavy atom. The number of guanidine groups is 1. The number of thiophene rings is 1. The van der Waals surface area contributed by atoms with Gasteiger partial charge in [0.1, 0.15) is 10.7 Å². The standard InChI is InChI=1S/C10H14FN3OS/c1-5(2)3-6-4-16-8(7(6)11)9(15)14-10(12)13/h4-5H,3H2,1-2H3,(H4,12,13,14,15). The monoisotopic (exact) mass is 243 g/mol. The fourth-order valence-corrected chi connectivity index (χ4v) is 2.14. The molecule has 0 aliphatic rings. The normalized spacial score (nSPS) is 10.5. The molecule has 1 heterocycles. The molecule has 0 aliphatic heterocycles. The van der Waals surface area contributed by atoms with Crippen molar-refractivity contribution in [3.05, 3.63) is 21.6 Å². The van der Waals surface area contributed by atoms with Crippen molar-refractivity contribution in [2.75, 3.05) is 0 Å². The zero-order valence-corrected chi connectivity index (χ0v) is 9.95. The third kappa shape index (κ3) is 3.03. The van der Waals surface area contributed by atoms with Crippen LogP contribution in [0, 0.1) is 17.1 Å². The third-order valence-electron chi connectivity index (χ3n) is 1.88. The van der Waals surface area contributed by atoms with Crippen molar-refractivity contribution in [1.82, 2.24) is 5.32 Å². The van der Waals surface area contributed by atoms with Crippen LogP contribution in [0.15, 0.2) is 5.38 Å². The maximum atomic E-state index is 13.7. The molecule has 1 aromatic rings. The van der Waals surface area contributed by atoms with Crippen molar-refractivity contribution < 1.29 is 9.18 Å². The van der Waals surface area contributed by atoms with Gasteiger partial charge in [0.15, 0.2) is 5.96 Å². The smallest absolute Gasteiger partial charge is 0.271 e. The second-order valence-electron chi connectivity index (χ2n) is 3.87. The first-order valence-corrected chi connectivity index (χ1v) is 5.71. The lowest BCUT2D eigenvalue weighted by Crippen LogP contribution is -2.35. The molecule has 0 aromatic carbocycles. The van der Waals surface area contributed by atoms with Gasteiger partial charge in [0, 0.05) is 0 Å². The Balaban J connectivity index is 2.86. The third-order valence-corrected chi connectivity index (χ3v) is 2.89. The molecule has 1 amide bonds. The van der Waals surface area contributed by atoms with Gasteiger partial charge in [-0.15, -0.1) is 11.3 Å². The Morgan fingerprint density at radius 2 is 2.31 bits per heavy atom. The first-order valence-electron chi connectivity index (χ1n) is 4.83. The van der Waals surface area contributed by atoms with E-state index < -0.39 is 17.7 Å². The van der Waals surface area contributed by atoms with E-state index in [-0.39, 0.29) is 4.88 Å². The highest BCUT2D eigenvalue weighted by molar-refractivity contribution is 7.12. The molecule has 16 heavy (non-hydrogen) atoms. The SMILES string of the molecule is CC(C)Cc1csc(C(=O)NC(=N)N)c1F. The zero-order valence-electron chi connectivity index (χ0n) is 9.13. The first kappa shape index (κ1) is 12.6. The van der Waals surface area contributed by atoms with Crippen molar-refractivity contribution >= 4 is 23.2 Å². The summed E-state index contributed by atoms with van der Waals surface area (Å²) in [4.78, 5) is 11.4. The molecule has 1 rings (SSSR count). The van der Waals surface area contributed by atoms with Crippen molar-refractivity contribution in [2.24, 2.45) is 11.7 Å². The number of rotatable bonds is 3. The molecule has 0 atom stereocenters. The molecule has 0 saturated heterocycles. The summed E-state index contributed by atoms with van der Waals surface area (Å²) in [7, 11) is 0. The molecule has 0 bridgehead atoms. The van der Waals surface area contributed by atoms with Gasteiger partial charge in [-0.05, 0) is 23.3 Å². The number of carbonyl (C=O) groups excluding carboxylic acids is 1. The quantitative estimate of drug-likeness (QED) is 0.558. The molecule has 1 aromatic heterocycles. The van der Waals surface area contributed by atoms with Gasteiger partial charge in [-0.2, -0.15) is 0 Å². The molecule has 88 valence electrons. The van der Waals surface area contributed by atoms with E-state index in [9.17, 15) is 9.18 Å². The van der Waals surface area contributed by atoms with Crippen LogP contribution in [0.4, 0.5) is 4.39 Å². The van der Waals surface area contributed by atoms with E-state index in [0.29, 0.717) is 17.9 Å². The largest absolute Gasteiger partial charge is 0.370 e. The van der Waals surface area contributed by atoms with Gasteiger partial charge in [0.25, 0.3) is 5.91 Å². The zero-order chi connectivity index (χ0) is 12.3. The molecule has 0 aliphatic carbocycles. The lowest BCUT2D eigenvalue weighted by atomic mass is 10.1. The van der Waals surface area contributed by atoms with Crippen LogP contribution in [0.3, 0.4) is 0 Å². The molecular formula is C10H14FN3OS. The van der Waals surface area contributed by atoms with Crippen LogP contribution in [0.25, 0.3) is 0 Å². The van der Waals surface area contributed by atoms with Crippen molar-refractivity contribution in [1.29, 1.82) is 5.41 Å². The van der Waals surface area contributed by atoms with Crippen LogP contribution >= 0.6 is 11.3 Å². The number of carbonyl (C=O) groups is 1. The number of halogens is 1. The molecule has 0 radical (unpaired) electrons. The van der Waals surface area contributed by atoms with Gasteiger partial charge in [-0.25, -0.2) is 4.39 Å². The molecule has 0 unspecified atom stereocenters. The molecule has 4 nitrogen and oxygen atoms in total. The van der Waals surface area contributed by atoms with E-state index in [1.165, 1.54) is 0 Å². The van der Waals surface area contributed by atoms with Crippen LogP contribution in [-0.2, 0) is 6.42 Å². The second kappa shape index (κ2) is 5.07. The Labute approximate surface area is 97.2 Å². The average Bonchev–Trinajstić information content (AvgIpc) is 2.46. The number of nitrogens with two attached hydrogens (primary N) is 1. The number of nitrogens with one attached hydrogen (secondary N) is 2. The van der Waals surface area contributed by atoms with Gasteiger partial charge in [0.05, 0.1) is 0 Å². The summed E-state index contributed by atoms with van der Waals surface area (Å²) in [5, 5.41) is 10.6. The average molecular weight is 243 g/mol. The summed E-state index contributed by atoms with van der Waals surface area (Å²) < 4.78 is 13.7. The van der Waals surface area contributed by atoms with Crippen LogP contribution in [0.2, 0.25) is 0 Å². The number of hydrogen-bond acceptors (Lipinski definition) is 3. The van der Waals surface area contributed by atoms with E-state index in [0.717, 1.165) is 11.3 Å². The minimum Gasteiger partial charge on any atom is -0.370 e. The molecule has 0 fully saturated rings. The Hall–Kier alpha value is -1.43. The minimum absolute atomic E-state index is 0.0224. The van der Waals surface area contributed by atoms with Crippen LogP contribution < -0.4 is 11.1 Å². The van der Waals surface area contributed by atoms with Crippen LogP contribution in [0.5, 0.6) is 0 Å². The maximum Gasteiger partial charge on any atom is 0.271 e. The minimum atomic E-state index is -0.662. The molecule has 4 N–H and O–H groups in total. The summed E-state index contributed by atoms with van der Waals surface area (Å²) in [5.74, 6) is -1.32. The van der Waals surface area contributed by atoms with E-state index >= 15 is 0 Å². The van der Waals surface area contributed by atoms with Gasteiger partial charge in [-0.3, -0.25) is 15.5 Å². The summed E-state index contributed by atoms with van der Waals surface area (Å²) in [6.45, 7) is 3.96. The number of hydrogen-bond donors (Lipinski definition) is 3. The Bertz CT molecular complexity index is 414. The summed E-state index contributed by atoms with van der Waals surface area (Å²) >= 11 is 1.03. The van der Waals surface area contributed by atoms with Crippen molar-refractivity contribution in [2.45, 2.75) is 20.3 Å². The van der Waals surface area contributed by atoms with E-state index in [1.807, 2.05) is 13.8 Å². The maximum absolute atomic E-state index is 13.7. The van der Waals surface area contributed by atoms with E-state index in [1.54, 1.807) is 5.38 Å². The van der Waals surface area contributed by atoms with Gasteiger partial charge >= 0.3 is 0 Å². The fraction of sp³-hybridized carbons (Fsp3) is 0.400. The summed E-state index contributed by atoms with van der Waals surface area (Å²) in [6, 6.07) is 0. The van der Waals surface area contributed by atoms with Gasteiger partial charge < -0.3 is 5.73 Å². The highest BCUT2D eigenvalue weighted by Crippen LogP contribution is 2.23. The molecular weight excluding hydrogens is 229 g/mol. The fourth-order valence-electron chi connectivity index (χ4n) is 1.29. The highest BCUT2D eigenvalue weighted by Gasteiger charge is 2.18. The Kier molecular flexibility index (Phi) is 4.00. The van der Waals surface area contributed by atoms with E-state index in [4.69, 9.17) is 11.1 Å². The summed E-state index contributed by atoms with van der Waals surface area (Å²) in [5.41, 5.74) is 5.54. The highest BCUT2D eigenvalue weighted by atomic mass is 32.1.